The lowest BCUT2D eigenvalue weighted by Crippen LogP contribution is -2.49. The highest BCUT2D eigenvalue weighted by Gasteiger charge is 2.41. The van der Waals surface area contributed by atoms with Gasteiger partial charge in [-0.05, 0) is 38.3 Å². The molecule has 0 spiro atoms. The summed E-state index contributed by atoms with van der Waals surface area (Å²) in [5.41, 5.74) is 1.73. The van der Waals surface area contributed by atoms with E-state index in [4.69, 9.17) is 0 Å². The zero-order chi connectivity index (χ0) is 13.5. The number of aliphatic hydroxyl groups is 1. The molecule has 19 heavy (non-hydrogen) atoms. The van der Waals surface area contributed by atoms with Crippen LogP contribution in [0.3, 0.4) is 0 Å². The third-order valence-electron chi connectivity index (χ3n) is 3.86. The van der Waals surface area contributed by atoms with Gasteiger partial charge < -0.3 is 10.0 Å². The van der Waals surface area contributed by atoms with Crippen LogP contribution in [0.1, 0.15) is 32.3 Å². The molecule has 100 valence electrons. The van der Waals surface area contributed by atoms with E-state index in [0.29, 0.717) is 6.04 Å². The van der Waals surface area contributed by atoms with E-state index in [1.54, 1.807) is 0 Å². The van der Waals surface area contributed by atoms with Crippen LogP contribution < -0.4 is 0 Å². The Bertz CT molecular complexity index is 506. The largest absolute Gasteiger partial charge is 0.388 e. The Morgan fingerprint density at radius 2 is 1.84 bits per heavy atom. The molecular weight excluding hydrogens is 234 g/mol. The molecule has 0 radical (unpaired) electrons. The quantitative estimate of drug-likeness (QED) is 0.896. The third kappa shape index (κ3) is 2.45. The van der Waals surface area contributed by atoms with Gasteiger partial charge in [-0.25, -0.2) is 0 Å². The van der Waals surface area contributed by atoms with Crippen molar-refractivity contribution in [1.82, 2.24) is 4.90 Å². The SMILES string of the molecule is CC(C)(O)C1C=CC=C(c2ccccc2)N1C1CC1. The van der Waals surface area contributed by atoms with E-state index in [-0.39, 0.29) is 6.04 Å². The fourth-order valence-corrected chi connectivity index (χ4v) is 2.79. The highest BCUT2D eigenvalue weighted by atomic mass is 16.3. The van der Waals surface area contributed by atoms with E-state index < -0.39 is 5.60 Å². The molecule has 0 amide bonds. The Balaban J connectivity index is 1.99. The fraction of sp³-hybridized carbons (Fsp3) is 0.412. The zero-order valence-electron chi connectivity index (χ0n) is 11.6. The lowest BCUT2D eigenvalue weighted by molar-refractivity contribution is 0.0182. The summed E-state index contributed by atoms with van der Waals surface area (Å²) in [6, 6.07) is 11.1. The van der Waals surface area contributed by atoms with Crippen molar-refractivity contribution in [2.45, 2.75) is 44.4 Å². The Hall–Kier alpha value is -1.54. The molecule has 2 nitrogen and oxygen atoms in total. The number of hydrogen-bond acceptors (Lipinski definition) is 2. The first-order chi connectivity index (χ1) is 9.07. The lowest BCUT2D eigenvalue weighted by atomic mass is 9.92. The second kappa shape index (κ2) is 4.53. The average molecular weight is 255 g/mol. The van der Waals surface area contributed by atoms with Crippen molar-refractivity contribution in [2.24, 2.45) is 0 Å². The van der Waals surface area contributed by atoms with Crippen LogP contribution in [0.2, 0.25) is 0 Å². The average Bonchev–Trinajstić information content (AvgIpc) is 3.22. The zero-order valence-corrected chi connectivity index (χ0v) is 11.6. The summed E-state index contributed by atoms with van der Waals surface area (Å²) in [5, 5.41) is 10.4. The van der Waals surface area contributed by atoms with Gasteiger partial charge >= 0.3 is 0 Å². The molecule has 1 unspecified atom stereocenters. The highest BCUT2D eigenvalue weighted by molar-refractivity contribution is 5.68. The maximum absolute atomic E-state index is 10.4. The first-order valence-electron chi connectivity index (χ1n) is 7.02. The molecule has 2 aliphatic rings. The number of rotatable bonds is 3. The minimum absolute atomic E-state index is 0.0557. The molecule has 1 N–H and O–H groups in total. The molecule has 1 aliphatic carbocycles. The summed E-state index contributed by atoms with van der Waals surface area (Å²) in [7, 11) is 0. The summed E-state index contributed by atoms with van der Waals surface area (Å²) in [6.45, 7) is 3.79. The van der Waals surface area contributed by atoms with Gasteiger partial charge in [0.05, 0.1) is 11.6 Å². The first-order valence-corrected chi connectivity index (χ1v) is 7.02. The second-order valence-corrected chi connectivity index (χ2v) is 6.04. The maximum atomic E-state index is 10.4. The standard InChI is InChI=1S/C17H21NO/c1-17(2,19)16-10-6-9-15(18(16)14-11-12-14)13-7-4-3-5-8-13/h3-10,14,16,19H,11-12H2,1-2H3. The smallest absolute Gasteiger partial charge is 0.0830 e. The van der Waals surface area contributed by atoms with Gasteiger partial charge in [0, 0.05) is 11.7 Å². The first kappa shape index (κ1) is 12.5. The van der Waals surface area contributed by atoms with E-state index >= 15 is 0 Å². The van der Waals surface area contributed by atoms with Crippen LogP contribution in [-0.2, 0) is 0 Å². The normalized spacial score (nSPS) is 23.4. The van der Waals surface area contributed by atoms with Gasteiger partial charge in [0.15, 0.2) is 0 Å². The van der Waals surface area contributed by atoms with Gasteiger partial charge in [0.1, 0.15) is 0 Å². The van der Waals surface area contributed by atoms with E-state index in [1.807, 2.05) is 19.9 Å². The van der Waals surface area contributed by atoms with Crippen LogP contribution in [0.5, 0.6) is 0 Å². The molecule has 1 aliphatic heterocycles. The Morgan fingerprint density at radius 1 is 1.16 bits per heavy atom. The molecule has 2 heteroatoms. The number of allylic oxidation sites excluding steroid dienone is 2. The van der Waals surface area contributed by atoms with E-state index in [0.717, 1.165) is 0 Å². The van der Waals surface area contributed by atoms with Gasteiger partial charge in [0.25, 0.3) is 0 Å². The summed E-state index contributed by atoms with van der Waals surface area (Å²) in [6.07, 6.45) is 8.81. The Morgan fingerprint density at radius 3 is 2.42 bits per heavy atom. The molecule has 0 saturated heterocycles. The molecule has 3 rings (SSSR count). The highest BCUT2D eigenvalue weighted by Crippen LogP contribution is 2.40. The topological polar surface area (TPSA) is 23.5 Å². The van der Waals surface area contributed by atoms with Crippen LogP contribution in [0, 0.1) is 0 Å². The minimum atomic E-state index is -0.729. The predicted molar refractivity (Wildman–Crippen MR) is 78.5 cm³/mol. The molecule has 0 bridgehead atoms. The van der Waals surface area contributed by atoms with Crippen molar-refractivity contribution in [1.29, 1.82) is 0 Å². The van der Waals surface area contributed by atoms with Crippen molar-refractivity contribution in [3.8, 4) is 0 Å². The third-order valence-corrected chi connectivity index (χ3v) is 3.86. The molecule has 1 atom stereocenters. The lowest BCUT2D eigenvalue weighted by Gasteiger charge is -2.42. The van der Waals surface area contributed by atoms with Crippen LogP contribution in [0.15, 0.2) is 48.6 Å². The predicted octanol–water partition coefficient (Wildman–Crippen LogP) is 3.20. The second-order valence-electron chi connectivity index (χ2n) is 6.04. The van der Waals surface area contributed by atoms with E-state index in [2.05, 4.69) is 47.4 Å². The summed E-state index contributed by atoms with van der Waals surface area (Å²) in [4.78, 5) is 2.40. The molecule has 1 aromatic rings. The minimum Gasteiger partial charge on any atom is -0.388 e. The van der Waals surface area contributed by atoms with E-state index in [1.165, 1.54) is 24.1 Å². The molecule has 1 saturated carbocycles. The molecule has 0 aromatic heterocycles. The number of nitrogens with zero attached hydrogens (tertiary/aromatic N) is 1. The number of benzene rings is 1. The summed E-state index contributed by atoms with van der Waals surface area (Å²) < 4.78 is 0. The summed E-state index contributed by atoms with van der Waals surface area (Å²) >= 11 is 0. The van der Waals surface area contributed by atoms with Gasteiger partial charge in [-0.15, -0.1) is 0 Å². The van der Waals surface area contributed by atoms with Gasteiger partial charge in [0.2, 0.25) is 0 Å². The molecule has 1 heterocycles. The monoisotopic (exact) mass is 255 g/mol. The van der Waals surface area contributed by atoms with Gasteiger partial charge in [-0.1, -0.05) is 42.5 Å². The van der Waals surface area contributed by atoms with Crippen LogP contribution in [0.25, 0.3) is 5.70 Å². The van der Waals surface area contributed by atoms with Crippen molar-refractivity contribution in [2.75, 3.05) is 0 Å². The van der Waals surface area contributed by atoms with Crippen molar-refractivity contribution < 1.29 is 5.11 Å². The van der Waals surface area contributed by atoms with Gasteiger partial charge in [-0.2, -0.15) is 0 Å². The van der Waals surface area contributed by atoms with Crippen molar-refractivity contribution in [3.05, 3.63) is 54.1 Å². The van der Waals surface area contributed by atoms with Crippen LogP contribution in [-0.4, -0.2) is 27.7 Å². The fourth-order valence-electron chi connectivity index (χ4n) is 2.79. The van der Waals surface area contributed by atoms with Crippen LogP contribution >= 0.6 is 0 Å². The van der Waals surface area contributed by atoms with Crippen molar-refractivity contribution in [3.63, 3.8) is 0 Å². The Kier molecular flexibility index (Phi) is 2.98. The van der Waals surface area contributed by atoms with Crippen LogP contribution in [0.4, 0.5) is 0 Å². The van der Waals surface area contributed by atoms with Gasteiger partial charge in [-0.3, -0.25) is 0 Å². The molecular formula is C17H21NO. The van der Waals surface area contributed by atoms with E-state index in [9.17, 15) is 5.11 Å². The van der Waals surface area contributed by atoms with Crippen molar-refractivity contribution >= 4 is 5.70 Å². The molecule has 1 aromatic carbocycles. The molecule has 1 fully saturated rings. The number of hydrogen-bond donors (Lipinski definition) is 1. The summed E-state index contributed by atoms with van der Waals surface area (Å²) in [5.74, 6) is 0. The Labute approximate surface area is 115 Å². The maximum Gasteiger partial charge on any atom is 0.0830 e.